The van der Waals surface area contributed by atoms with Crippen LogP contribution in [0.1, 0.15) is 5.76 Å². The van der Waals surface area contributed by atoms with Gasteiger partial charge < -0.3 is 9.73 Å². The quantitative estimate of drug-likeness (QED) is 0.772. The molecule has 0 aliphatic heterocycles. The highest BCUT2D eigenvalue weighted by Gasteiger charge is 2.01. The second-order valence-electron chi connectivity index (χ2n) is 4.09. The molecule has 0 saturated heterocycles. The van der Waals surface area contributed by atoms with Crippen molar-refractivity contribution in [1.82, 2.24) is 9.97 Å². The second-order valence-corrected chi connectivity index (χ2v) is 4.09. The summed E-state index contributed by atoms with van der Waals surface area (Å²) in [7, 11) is 0. The lowest BCUT2D eigenvalue weighted by atomic mass is 10.1. The van der Waals surface area contributed by atoms with Crippen molar-refractivity contribution in [3.05, 3.63) is 66.9 Å². The molecule has 0 bridgehead atoms. The Morgan fingerprint density at radius 3 is 2.37 bits per heavy atom. The molecule has 19 heavy (non-hydrogen) atoms. The van der Waals surface area contributed by atoms with Crippen LogP contribution in [0, 0.1) is 0 Å². The van der Waals surface area contributed by atoms with Crippen molar-refractivity contribution in [2.45, 2.75) is 6.54 Å². The average molecular weight is 251 g/mol. The number of hydrogen-bond acceptors (Lipinski definition) is 4. The third-order valence-corrected chi connectivity index (χ3v) is 2.76. The molecule has 4 heteroatoms. The number of aromatic nitrogens is 2. The fourth-order valence-electron chi connectivity index (χ4n) is 1.78. The number of hydrogen-bond donors (Lipinski definition) is 1. The van der Waals surface area contributed by atoms with Crippen LogP contribution >= 0.6 is 0 Å². The first-order valence-corrected chi connectivity index (χ1v) is 6.05. The molecule has 4 nitrogen and oxygen atoms in total. The molecule has 0 radical (unpaired) electrons. The minimum Gasteiger partial charge on any atom is -0.467 e. The van der Waals surface area contributed by atoms with E-state index in [2.05, 4.69) is 15.3 Å². The summed E-state index contributed by atoms with van der Waals surface area (Å²) in [5.74, 6) is 1.45. The van der Waals surface area contributed by atoms with Crippen LogP contribution in [0.5, 0.6) is 0 Å². The van der Waals surface area contributed by atoms with Gasteiger partial charge in [0.1, 0.15) is 5.76 Å². The summed E-state index contributed by atoms with van der Waals surface area (Å²) in [5.41, 5.74) is 2.12. The van der Waals surface area contributed by atoms with Crippen molar-refractivity contribution in [2.24, 2.45) is 0 Å². The Kier molecular flexibility index (Phi) is 3.23. The van der Waals surface area contributed by atoms with E-state index >= 15 is 0 Å². The first kappa shape index (κ1) is 11.5. The Hall–Kier alpha value is -2.62. The maximum absolute atomic E-state index is 5.23. The predicted octanol–water partition coefficient (Wildman–Crippen LogP) is 3.35. The van der Waals surface area contributed by atoms with Gasteiger partial charge in [0.2, 0.25) is 5.95 Å². The number of nitrogens with one attached hydrogen (secondary N) is 1. The highest BCUT2D eigenvalue weighted by Crippen LogP contribution is 2.17. The van der Waals surface area contributed by atoms with E-state index in [9.17, 15) is 0 Å². The van der Waals surface area contributed by atoms with Crippen LogP contribution < -0.4 is 5.32 Å². The first-order chi connectivity index (χ1) is 9.42. The van der Waals surface area contributed by atoms with Gasteiger partial charge in [-0.1, -0.05) is 30.3 Å². The Morgan fingerprint density at radius 1 is 0.895 bits per heavy atom. The Labute approximate surface area is 111 Å². The van der Waals surface area contributed by atoms with E-state index < -0.39 is 0 Å². The normalized spacial score (nSPS) is 10.3. The van der Waals surface area contributed by atoms with Gasteiger partial charge >= 0.3 is 0 Å². The van der Waals surface area contributed by atoms with E-state index in [1.54, 1.807) is 6.26 Å². The van der Waals surface area contributed by atoms with Gasteiger partial charge in [-0.15, -0.1) is 0 Å². The SMILES string of the molecule is c1ccc(-c2cnc(NCc3ccco3)nc2)cc1. The Morgan fingerprint density at radius 2 is 1.68 bits per heavy atom. The standard InChI is InChI=1S/C15H13N3O/c1-2-5-12(6-3-1)13-9-16-15(17-10-13)18-11-14-7-4-8-19-14/h1-10H,11H2,(H,16,17,18). The topological polar surface area (TPSA) is 51.0 Å². The molecular formula is C15H13N3O. The molecule has 3 aromatic rings. The van der Waals surface area contributed by atoms with Gasteiger partial charge in [0, 0.05) is 18.0 Å². The van der Waals surface area contributed by atoms with Crippen LogP contribution in [0.2, 0.25) is 0 Å². The van der Waals surface area contributed by atoms with Crippen molar-refractivity contribution in [3.63, 3.8) is 0 Å². The number of benzene rings is 1. The Bertz CT molecular complexity index is 618. The highest BCUT2D eigenvalue weighted by atomic mass is 16.3. The van der Waals surface area contributed by atoms with Crippen LogP contribution in [-0.2, 0) is 6.54 Å². The molecule has 0 amide bonds. The van der Waals surface area contributed by atoms with E-state index in [4.69, 9.17) is 4.42 Å². The molecule has 0 aliphatic carbocycles. The first-order valence-electron chi connectivity index (χ1n) is 6.05. The van der Waals surface area contributed by atoms with Gasteiger partial charge in [-0.05, 0) is 17.7 Å². The van der Waals surface area contributed by atoms with Gasteiger partial charge in [0.25, 0.3) is 0 Å². The molecule has 0 fully saturated rings. The third kappa shape index (κ3) is 2.80. The molecule has 0 saturated carbocycles. The summed E-state index contributed by atoms with van der Waals surface area (Å²) in [6.45, 7) is 0.581. The predicted molar refractivity (Wildman–Crippen MR) is 73.5 cm³/mol. The fourth-order valence-corrected chi connectivity index (χ4v) is 1.78. The second kappa shape index (κ2) is 5.35. The summed E-state index contributed by atoms with van der Waals surface area (Å²) in [6, 6.07) is 13.8. The molecule has 94 valence electrons. The largest absolute Gasteiger partial charge is 0.467 e. The monoisotopic (exact) mass is 251 g/mol. The van der Waals surface area contributed by atoms with Crippen LogP contribution in [0.25, 0.3) is 11.1 Å². The van der Waals surface area contributed by atoms with Crippen molar-refractivity contribution >= 4 is 5.95 Å². The summed E-state index contributed by atoms with van der Waals surface area (Å²) >= 11 is 0. The zero-order valence-electron chi connectivity index (χ0n) is 10.3. The van der Waals surface area contributed by atoms with Gasteiger partial charge in [-0.25, -0.2) is 9.97 Å². The molecule has 0 aliphatic rings. The third-order valence-electron chi connectivity index (χ3n) is 2.76. The molecule has 1 aromatic carbocycles. The fraction of sp³-hybridized carbons (Fsp3) is 0.0667. The van der Waals surface area contributed by atoms with Crippen LogP contribution in [-0.4, -0.2) is 9.97 Å². The summed E-state index contributed by atoms with van der Waals surface area (Å²) in [4.78, 5) is 8.58. The van der Waals surface area contributed by atoms with Crippen molar-refractivity contribution < 1.29 is 4.42 Å². The van der Waals surface area contributed by atoms with E-state index in [-0.39, 0.29) is 0 Å². The molecular weight excluding hydrogens is 238 g/mol. The molecule has 1 N–H and O–H groups in total. The van der Waals surface area contributed by atoms with Crippen molar-refractivity contribution in [1.29, 1.82) is 0 Å². The molecule has 0 atom stereocenters. The van der Waals surface area contributed by atoms with E-state index in [0.717, 1.165) is 16.9 Å². The zero-order valence-corrected chi connectivity index (χ0v) is 10.3. The minimum absolute atomic E-state index is 0.581. The summed E-state index contributed by atoms with van der Waals surface area (Å²) < 4.78 is 5.23. The molecule has 0 unspecified atom stereocenters. The van der Waals surface area contributed by atoms with Crippen molar-refractivity contribution in [2.75, 3.05) is 5.32 Å². The van der Waals surface area contributed by atoms with Gasteiger partial charge in [0.15, 0.2) is 0 Å². The molecule has 0 spiro atoms. The lowest BCUT2D eigenvalue weighted by Crippen LogP contribution is -2.02. The number of anilines is 1. The maximum Gasteiger partial charge on any atom is 0.222 e. The smallest absolute Gasteiger partial charge is 0.222 e. The van der Waals surface area contributed by atoms with Gasteiger partial charge in [-0.2, -0.15) is 0 Å². The zero-order chi connectivity index (χ0) is 12.9. The average Bonchev–Trinajstić information content (AvgIpc) is 3.00. The van der Waals surface area contributed by atoms with Gasteiger partial charge in [-0.3, -0.25) is 0 Å². The highest BCUT2D eigenvalue weighted by molar-refractivity contribution is 5.61. The lowest BCUT2D eigenvalue weighted by Gasteiger charge is -2.04. The lowest BCUT2D eigenvalue weighted by molar-refractivity contribution is 0.517. The van der Waals surface area contributed by atoms with Crippen LogP contribution in [0.15, 0.2) is 65.5 Å². The maximum atomic E-state index is 5.23. The molecule has 3 rings (SSSR count). The molecule has 2 aromatic heterocycles. The Balaban J connectivity index is 1.69. The number of nitrogens with zero attached hydrogens (tertiary/aromatic N) is 2. The molecule has 2 heterocycles. The minimum atomic E-state index is 0.581. The summed E-state index contributed by atoms with van der Waals surface area (Å²) in [6.07, 6.45) is 5.27. The van der Waals surface area contributed by atoms with Crippen molar-refractivity contribution in [3.8, 4) is 11.1 Å². The number of rotatable bonds is 4. The van der Waals surface area contributed by atoms with Crippen LogP contribution in [0.3, 0.4) is 0 Å². The van der Waals surface area contributed by atoms with E-state index in [0.29, 0.717) is 12.5 Å². The van der Waals surface area contributed by atoms with E-state index in [1.165, 1.54) is 0 Å². The summed E-state index contributed by atoms with van der Waals surface area (Å²) in [5, 5.41) is 3.11. The van der Waals surface area contributed by atoms with E-state index in [1.807, 2.05) is 54.9 Å². The number of furan rings is 1. The van der Waals surface area contributed by atoms with Gasteiger partial charge in [0.05, 0.1) is 12.8 Å². The van der Waals surface area contributed by atoms with Crippen LogP contribution in [0.4, 0.5) is 5.95 Å².